The number of carbonyl (C=O) groups excluding carboxylic acids is 2. The van der Waals surface area contributed by atoms with Gasteiger partial charge >= 0.3 is 12.0 Å². The highest BCUT2D eigenvalue weighted by atomic mass is 16.5. The molecule has 0 aliphatic carbocycles. The van der Waals surface area contributed by atoms with E-state index in [0.29, 0.717) is 23.6 Å². The fourth-order valence-electron chi connectivity index (χ4n) is 3.11. The molecule has 0 spiro atoms. The molecule has 7 nitrogen and oxygen atoms in total. The van der Waals surface area contributed by atoms with Crippen LogP contribution in [-0.2, 0) is 16.1 Å². The van der Waals surface area contributed by atoms with Crippen molar-refractivity contribution in [3.8, 4) is 11.5 Å². The van der Waals surface area contributed by atoms with Gasteiger partial charge in [0.1, 0.15) is 18.1 Å². The van der Waals surface area contributed by atoms with Crippen molar-refractivity contribution in [2.75, 3.05) is 13.7 Å². The molecule has 0 bridgehead atoms. The molecule has 0 saturated heterocycles. The van der Waals surface area contributed by atoms with Gasteiger partial charge in [0, 0.05) is 5.70 Å². The number of hydrogen-bond acceptors (Lipinski definition) is 5. The maximum Gasteiger partial charge on any atom is 0.338 e. The third-order valence-electron chi connectivity index (χ3n) is 4.52. The minimum Gasteiger partial charge on any atom is -0.497 e. The number of rotatable bonds is 7. The monoisotopic (exact) mass is 396 g/mol. The van der Waals surface area contributed by atoms with Gasteiger partial charge in [-0.25, -0.2) is 9.59 Å². The second kappa shape index (κ2) is 9.14. The average Bonchev–Trinajstić information content (AvgIpc) is 2.72. The summed E-state index contributed by atoms with van der Waals surface area (Å²) in [5.74, 6) is 0.895. The molecule has 1 aliphatic rings. The number of hydrogen-bond donors (Lipinski definition) is 2. The molecule has 3 rings (SSSR count). The molecular weight excluding hydrogens is 372 g/mol. The van der Waals surface area contributed by atoms with E-state index >= 15 is 0 Å². The van der Waals surface area contributed by atoms with Crippen LogP contribution in [0.1, 0.15) is 31.0 Å². The normalized spacial score (nSPS) is 16.0. The fraction of sp³-hybridized carbons (Fsp3) is 0.273. The molecule has 1 aliphatic heterocycles. The van der Waals surface area contributed by atoms with E-state index in [-0.39, 0.29) is 12.6 Å². The molecule has 0 aromatic heterocycles. The number of nitrogens with one attached hydrogen (secondary N) is 2. The van der Waals surface area contributed by atoms with Crippen LogP contribution < -0.4 is 20.1 Å². The first kappa shape index (κ1) is 20.3. The highest BCUT2D eigenvalue weighted by Crippen LogP contribution is 2.30. The van der Waals surface area contributed by atoms with Crippen molar-refractivity contribution in [2.24, 2.45) is 0 Å². The van der Waals surface area contributed by atoms with Crippen LogP contribution in [0, 0.1) is 0 Å². The third kappa shape index (κ3) is 4.87. The summed E-state index contributed by atoms with van der Waals surface area (Å²) >= 11 is 0. The lowest BCUT2D eigenvalue weighted by Gasteiger charge is -2.28. The van der Waals surface area contributed by atoms with Crippen molar-refractivity contribution in [2.45, 2.75) is 26.5 Å². The maximum atomic E-state index is 12.9. The van der Waals surface area contributed by atoms with Crippen molar-refractivity contribution in [1.29, 1.82) is 0 Å². The van der Waals surface area contributed by atoms with Crippen LogP contribution in [0.5, 0.6) is 11.5 Å². The van der Waals surface area contributed by atoms with Gasteiger partial charge in [0.05, 0.1) is 25.3 Å². The van der Waals surface area contributed by atoms with Crippen LogP contribution in [0.4, 0.5) is 4.79 Å². The van der Waals surface area contributed by atoms with E-state index in [1.54, 1.807) is 26.2 Å². The number of methoxy groups -OCH3 is 1. The van der Waals surface area contributed by atoms with Gasteiger partial charge in [-0.15, -0.1) is 0 Å². The summed E-state index contributed by atoms with van der Waals surface area (Å²) in [6, 6.07) is 13.6. The fourth-order valence-corrected chi connectivity index (χ4v) is 3.11. The Bertz CT molecular complexity index is 921. The predicted molar refractivity (Wildman–Crippen MR) is 108 cm³/mol. The topological polar surface area (TPSA) is 85.9 Å². The molecule has 0 unspecified atom stereocenters. The largest absolute Gasteiger partial charge is 0.497 e. The molecule has 152 valence electrons. The summed E-state index contributed by atoms with van der Waals surface area (Å²) in [5.41, 5.74) is 2.38. The molecule has 2 aromatic carbocycles. The quantitative estimate of drug-likeness (QED) is 0.700. The first-order valence-corrected chi connectivity index (χ1v) is 9.33. The standard InChI is InChI=1S/C22H24N2O5/c1-4-28-18-7-5-6-16(12-18)20-19(14(2)23-22(26)24-20)21(25)29-13-15-8-10-17(27-3)11-9-15/h5-12,20H,4,13H2,1-3H3,(H2,23,24,26)/t20-/m0/s1. The highest BCUT2D eigenvalue weighted by molar-refractivity contribution is 5.95. The Morgan fingerprint density at radius 3 is 2.55 bits per heavy atom. The number of urea groups is 1. The Morgan fingerprint density at radius 1 is 1.10 bits per heavy atom. The minimum absolute atomic E-state index is 0.110. The summed E-state index contributed by atoms with van der Waals surface area (Å²) in [6.07, 6.45) is 0. The van der Waals surface area contributed by atoms with Crippen LogP contribution in [0.25, 0.3) is 0 Å². The van der Waals surface area contributed by atoms with E-state index < -0.39 is 12.0 Å². The average molecular weight is 396 g/mol. The van der Waals surface area contributed by atoms with Gasteiger partial charge in [-0.2, -0.15) is 0 Å². The highest BCUT2D eigenvalue weighted by Gasteiger charge is 2.32. The first-order chi connectivity index (χ1) is 14.0. The number of esters is 1. The molecular formula is C22H24N2O5. The van der Waals surface area contributed by atoms with E-state index in [0.717, 1.165) is 16.9 Å². The van der Waals surface area contributed by atoms with Gasteiger partial charge in [0.15, 0.2) is 0 Å². The van der Waals surface area contributed by atoms with Gasteiger partial charge in [-0.05, 0) is 49.2 Å². The smallest absolute Gasteiger partial charge is 0.338 e. The Balaban J connectivity index is 1.81. The number of ether oxygens (including phenoxy) is 3. The lowest BCUT2D eigenvalue weighted by atomic mass is 9.95. The number of amides is 2. The van der Waals surface area contributed by atoms with Crippen molar-refractivity contribution < 1.29 is 23.8 Å². The van der Waals surface area contributed by atoms with Crippen LogP contribution in [-0.4, -0.2) is 25.7 Å². The molecule has 0 radical (unpaired) electrons. The van der Waals surface area contributed by atoms with Gasteiger partial charge in [0.25, 0.3) is 0 Å². The molecule has 2 amide bonds. The summed E-state index contributed by atoms with van der Waals surface area (Å²) in [5, 5.41) is 5.44. The van der Waals surface area contributed by atoms with E-state index in [9.17, 15) is 9.59 Å². The molecule has 0 fully saturated rings. The predicted octanol–water partition coefficient (Wildman–Crippen LogP) is 3.47. The lowest BCUT2D eigenvalue weighted by Crippen LogP contribution is -2.45. The van der Waals surface area contributed by atoms with Gasteiger partial charge < -0.3 is 24.8 Å². The van der Waals surface area contributed by atoms with Crippen LogP contribution in [0.15, 0.2) is 59.8 Å². The van der Waals surface area contributed by atoms with E-state index in [2.05, 4.69) is 10.6 Å². The Hall–Kier alpha value is -3.48. The Kier molecular flexibility index (Phi) is 6.39. The zero-order valence-corrected chi connectivity index (χ0v) is 16.7. The summed E-state index contributed by atoms with van der Waals surface area (Å²) in [7, 11) is 1.59. The number of allylic oxidation sites excluding steroid dienone is 1. The van der Waals surface area contributed by atoms with Gasteiger partial charge in [0.2, 0.25) is 0 Å². The molecule has 1 atom stereocenters. The van der Waals surface area contributed by atoms with Crippen LogP contribution in [0.2, 0.25) is 0 Å². The second-order valence-corrected chi connectivity index (χ2v) is 6.50. The third-order valence-corrected chi connectivity index (χ3v) is 4.52. The maximum absolute atomic E-state index is 12.9. The molecule has 2 aromatic rings. The van der Waals surface area contributed by atoms with E-state index in [1.165, 1.54) is 0 Å². The van der Waals surface area contributed by atoms with Crippen molar-refractivity contribution in [3.05, 3.63) is 70.9 Å². The number of carbonyl (C=O) groups is 2. The van der Waals surface area contributed by atoms with E-state index in [1.807, 2.05) is 43.3 Å². The molecule has 0 saturated carbocycles. The SMILES string of the molecule is CCOc1cccc([C@@H]2NC(=O)NC(C)=C2C(=O)OCc2ccc(OC)cc2)c1. The summed E-state index contributed by atoms with van der Waals surface area (Å²) < 4.78 is 16.2. The lowest BCUT2D eigenvalue weighted by molar-refractivity contribution is -0.140. The molecule has 29 heavy (non-hydrogen) atoms. The Labute approximate surface area is 169 Å². The van der Waals surface area contributed by atoms with Crippen molar-refractivity contribution >= 4 is 12.0 Å². The van der Waals surface area contributed by atoms with Gasteiger partial charge in [-0.3, -0.25) is 0 Å². The molecule has 2 N–H and O–H groups in total. The zero-order valence-electron chi connectivity index (χ0n) is 16.7. The summed E-state index contributed by atoms with van der Waals surface area (Å²) in [4.78, 5) is 24.9. The second-order valence-electron chi connectivity index (χ2n) is 6.50. The van der Waals surface area contributed by atoms with Crippen molar-refractivity contribution in [1.82, 2.24) is 10.6 Å². The van der Waals surface area contributed by atoms with Crippen molar-refractivity contribution in [3.63, 3.8) is 0 Å². The first-order valence-electron chi connectivity index (χ1n) is 9.33. The molecule has 1 heterocycles. The molecule has 7 heteroatoms. The van der Waals surface area contributed by atoms with Crippen LogP contribution >= 0.6 is 0 Å². The van der Waals surface area contributed by atoms with Gasteiger partial charge in [-0.1, -0.05) is 24.3 Å². The number of benzene rings is 2. The zero-order chi connectivity index (χ0) is 20.8. The minimum atomic E-state index is -0.632. The summed E-state index contributed by atoms with van der Waals surface area (Å²) in [6.45, 7) is 4.21. The van der Waals surface area contributed by atoms with Crippen LogP contribution in [0.3, 0.4) is 0 Å². The van der Waals surface area contributed by atoms with E-state index in [4.69, 9.17) is 14.2 Å². The Morgan fingerprint density at radius 2 is 1.86 bits per heavy atom.